The van der Waals surface area contributed by atoms with Crippen molar-refractivity contribution in [2.45, 2.75) is 13.3 Å². The lowest BCUT2D eigenvalue weighted by Gasteiger charge is -2.14. The minimum atomic E-state index is -5.05. The van der Waals surface area contributed by atoms with E-state index in [4.69, 9.17) is 11.0 Å². The molecule has 0 aromatic carbocycles. The lowest BCUT2D eigenvalue weighted by atomic mass is 10.2. The van der Waals surface area contributed by atoms with Crippen molar-refractivity contribution in [3.05, 3.63) is 17.5 Å². The molecule has 6 nitrogen and oxygen atoms in total. The lowest BCUT2D eigenvalue weighted by molar-refractivity contribution is -0.274. The minimum absolute atomic E-state index is 0.0807. The number of aromatic nitrogens is 1. The van der Waals surface area contributed by atoms with Gasteiger partial charge in [-0.05, 0) is 6.92 Å². The number of rotatable bonds is 3. The van der Waals surface area contributed by atoms with Crippen LogP contribution >= 0.6 is 0 Å². The summed E-state index contributed by atoms with van der Waals surface area (Å²) >= 11 is 0. The molecule has 102 valence electrons. The predicted octanol–water partition coefficient (Wildman–Crippen LogP) is 1.61. The Hall–Kier alpha value is -2.50. The van der Waals surface area contributed by atoms with Crippen molar-refractivity contribution in [1.82, 2.24) is 4.98 Å². The number of hydrogen-bond donors (Lipinski definition) is 1. The minimum Gasteiger partial charge on any atom is -0.461 e. The number of halogens is 3. The van der Waals surface area contributed by atoms with E-state index < -0.39 is 29.5 Å². The Labute approximate surface area is 105 Å². The zero-order chi connectivity index (χ0) is 14.6. The fourth-order valence-electron chi connectivity index (χ4n) is 1.17. The van der Waals surface area contributed by atoms with E-state index in [-0.39, 0.29) is 12.3 Å². The average molecular weight is 275 g/mol. The second-order valence-electron chi connectivity index (χ2n) is 3.15. The Morgan fingerprint density at radius 1 is 1.58 bits per heavy atom. The summed E-state index contributed by atoms with van der Waals surface area (Å²) in [4.78, 5) is 14.9. The number of anilines is 1. The molecule has 1 aromatic heterocycles. The van der Waals surface area contributed by atoms with Crippen molar-refractivity contribution in [3.63, 3.8) is 0 Å². The van der Waals surface area contributed by atoms with Gasteiger partial charge in [0.2, 0.25) is 0 Å². The Balaban J connectivity index is 3.34. The topological polar surface area (TPSA) is 98.2 Å². The molecule has 0 saturated carbocycles. The van der Waals surface area contributed by atoms with Crippen molar-refractivity contribution < 1.29 is 27.4 Å². The van der Waals surface area contributed by atoms with Crippen LogP contribution in [0.4, 0.5) is 18.9 Å². The summed E-state index contributed by atoms with van der Waals surface area (Å²) in [5, 5.41) is 8.64. The first kappa shape index (κ1) is 14.6. The number of esters is 1. The molecule has 2 N–H and O–H groups in total. The van der Waals surface area contributed by atoms with Gasteiger partial charge in [-0.3, -0.25) is 0 Å². The second-order valence-corrected chi connectivity index (χ2v) is 3.15. The molecule has 9 heteroatoms. The van der Waals surface area contributed by atoms with Gasteiger partial charge in [0.05, 0.1) is 12.3 Å². The fraction of sp³-hybridized carbons (Fsp3) is 0.300. The monoisotopic (exact) mass is 275 g/mol. The lowest BCUT2D eigenvalue weighted by Crippen LogP contribution is -2.21. The summed E-state index contributed by atoms with van der Waals surface area (Å²) < 4.78 is 44.8. The zero-order valence-corrected chi connectivity index (χ0v) is 9.61. The summed E-state index contributed by atoms with van der Waals surface area (Å²) in [5.41, 5.74) is 3.66. The molecule has 0 spiro atoms. The predicted molar refractivity (Wildman–Crippen MR) is 56.0 cm³/mol. The van der Waals surface area contributed by atoms with Crippen LogP contribution in [0.2, 0.25) is 0 Å². The number of nitrogens with two attached hydrogens (primary N) is 1. The number of alkyl halides is 3. The van der Waals surface area contributed by atoms with Crippen LogP contribution in [0.25, 0.3) is 0 Å². The van der Waals surface area contributed by atoms with Gasteiger partial charge in [0.1, 0.15) is 11.8 Å². The first-order valence-electron chi connectivity index (χ1n) is 4.92. The van der Waals surface area contributed by atoms with Crippen molar-refractivity contribution >= 4 is 11.7 Å². The van der Waals surface area contributed by atoms with E-state index in [1.165, 1.54) is 6.92 Å². The van der Waals surface area contributed by atoms with Gasteiger partial charge in [0.15, 0.2) is 11.4 Å². The van der Waals surface area contributed by atoms with E-state index in [0.717, 1.165) is 6.07 Å². The zero-order valence-electron chi connectivity index (χ0n) is 9.61. The van der Waals surface area contributed by atoms with E-state index >= 15 is 0 Å². The molecule has 19 heavy (non-hydrogen) atoms. The molecule has 0 aliphatic carbocycles. The summed E-state index contributed by atoms with van der Waals surface area (Å²) in [7, 11) is 0. The highest BCUT2D eigenvalue weighted by molar-refractivity contribution is 5.92. The van der Waals surface area contributed by atoms with Crippen LogP contribution in [0.3, 0.4) is 0 Å². The van der Waals surface area contributed by atoms with Crippen LogP contribution in [-0.2, 0) is 4.74 Å². The van der Waals surface area contributed by atoms with Crippen molar-refractivity contribution in [2.75, 3.05) is 12.3 Å². The van der Waals surface area contributed by atoms with Crippen molar-refractivity contribution in [3.8, 4) is 11.8 Å². The van der Waals surface area contributed by atoms with Gasteiger partial charge in [0.25, 0.3) is 0 Å². The van der Waals surface area contributed by atoms with Gasteiger partial charge in [-0.15, -0.1) is 13.2 Å². The highest BCUT2D eigenvalue weighted by Crippen LogP contribution is 2.32. The van der Waals surface area contributed by atoms with Gasteiger partial charge in [-0.1, -0.05) is 0 Å². The fourth-order valence-corrected chi connectivity index (χ4v) is 1.17. The van der Waals surface area contributed by atoms with Crippen LogP contribution in [0.15, 0.2) is 6.07 Å². The van der Waals surface area contributed by atoms with Crippen LogP contribution in [0.5, 0.6) is 5.75 Å². The molecular formula is C10H8F3N3O3. The molecular weight excluding hydrogens is 267 g/mol. The third kappa shape index (κ3) is 3.74. The number of ether oxygens (including phenoxy) is 2. The Morgan fingerprint density at radius 3 is 2.68 bits per heavy atom. The maximum atomic E-state index is 12.2. The smallest absolute Gasteiger partial charge is 0.461 e. The summed E-state index contributed by atoms with van der Waals surface area (Å²) in [6.45, 7) is 1.38. The highest BCUT2D eigenvalue weighted by Gasteiger charge is 2.35. The average Bonchev–Trinajstić information content (AvgIpc) is 2.30. The van der Waals surface area contributed by atoms with E-state index in [1.54, 1.807) is 6.07 Å². The van der Waals surface area contributed by atoms with Crippen LogP contribution in [-0.4, -0.2) is 23.9 Å². The van der Waals surface area contributed by atoms with Gasteiger partial charge in [-0.25, -0.2) is 9.78 Å². The van der Waals surface area contributed by atoms with E-state index in [0.29, 0.717) is 0 Å². The van der Waals surface area contributed by atoms with Crippen LogP contribution < -0.4 is 10.5 Å². The Kier molecular flexibility index (Phi) is 4.16. The number of nitrogen functional groups attached to an aromatic ring is 1. The van der Waals surface area contributed by atoms with Crippen LogP contribution in [0.1, 0.15) is 23.1 Å². The first-order valence-corrected chi connectivity index (χ1v) is 4.92. The third-order valence-corrected chi connectivity index (χ3v) is 1.80. The highest BCUT2D eigenvalue weighted by atomic mass is 19.4. The molecule has 0 amide bonds. The molecule has 0 radical (unpaired) electrons. The summed E-state index contributed by atoms with van der Waals surface area (Å²) in [6.07, 6.45) is -5.05. The van der Waals surface area contributed by atoms with Gasteiger partial charge in [0, 0.05) is 6.07 Å². The molecule has 1 heterocycles. The quantitative estimate of drug-likeness (QED) is 0.841. The molecule has 0 unspecified atom stereocenters. The normalized spacial score (nSPS) is 10.7. The first-order chi connectivity index (χ1) is 8.78. The van der Waals surface area contributed by atoms with Crippen molar-refractivity contribution in [2.24, 2.45) is 0 Å². The molecule has 0 saturated heterocycles. The molecule has 0 atom stereocenters. The van der Waals surface area contributed by atoms with Crippen molar-refractivity contribution in [1.29, 1.82) is 5.26 Å². The number of carbonyl (C=O) groups is 1. The van der Waals surface area contributed by atoms with Crippen LogP contribution in [0, 0.1) is 11.3 Å². The standard InChI is InChI=1S/C10H8F3N3O3/c1-2-18-9(17)7-8(19-10(11,12)13)6(15)3-5(4-14)16-7/h3H,2H2,1H3,(H2,15,16). The second kappa shape index (κ2) is 5.43. The van der Waals surface area contributed by atoms with Gasteiger partial charge in [-0.2, -0.15) is 5.26 Å². The molecule has 0 aliphatic heterocycles. The Morgan fingerprint density at radius 2 is 2.21 bits per heavy atom. The van der Waals surface area contributed by atoms with Gasteiger partial charge >= 0.3 is 12.3 Å². The maximum absolute atomic E-state index is 12.2. The number of nitrogens with zero attached hydrogens (tertiary/aromatic N) is 2. The van der Waals surface area contributed by atoms with E-state index in [9.17, 15) is 18.0 Å². The SMILES string of the molecule is CCOC(=O)c1nc(C#N)cc(N)c1OC(F)(F)F. The molecule has 1 rings (SSSR count). The number of nitriles is 1. The summed E-state index contributed by atoms with van der Waals surface area (Å²) in [6, 6.07) is 2.42. The Bertz CT molecular complexity index is 537. The molecule has 0 bridgehead atoms. The number of pyridine rings is 1. The van der Waals surface area contributed by atoms with Gasteiger partial charge < -0.3 is 15.2 Å². The summed E-state index contributed by atoms with van der Waals surface area (Å²) in [5.74, 6) is -2.14. The molecule has 1 aromatic rings. The molecule has 0 aliphatic rings. The maximum Gasteiger partial charge on any atom is 0.573 e. The number of hydrogen-bond acceptors (Lipinski definition) is 6. The molecule has 0 fully saturated rings. The largest absolute Gasteiger partial charge is 0.573 e. The van der Waals surface area contributed by atoms with E-state index in [2.05, 4.69) is 14.5 Å². The third-order valence-electron chi connectivity index (χ3n) is 1.80. The number of carbonyl (C=O) groups excluding carboxylic acids is 1. The van der Waals surface area contributed by atoms with E-state index in [1.807, 2.05) is 0 Å².